The smallest absolute Gasteiger partial charge is 0.326 e. The highest BCUT2D eigenvalue weighted by Crippen LogP contribution is 2.11. The van der Waals surface area contributed by atoms with Crippen LogP contribution in [0.15, 0.2) is 42.5 Å². The lowest BCUT2D eigenvalue weighted by Gasteiger charge is -2.15. The van der Waals surface area contributed by atoms with Gasteiger partial charge in [-0.15, -0.1) is 0 Å². The number of nitrogens with one attached hydrogen (secondary N) is 1. The van der Waals surface area contributed by atoms with E-state index < -0.39 is 29.6 Å². The van der Waals surface area contributed by atoms with Gasteiger partial charge in [0.1, 0.15) is 17.7 Å². The van der Waals surface area contributed by atoms with Gasteiger partial charge in [0.05, 0.1) is 5.56 Å². The molecule has 6 heteroatoms. The van der Waals surface area contributed by atoms with E-state index in [9.17, 15) is 23.5 Å². The van der Waals surface area contributed by atoms with Crippen molar-refractivity contribution in [2.75, 3.05) is 0 Å². The summed E-state index contributed by atoms with van der Waals surface area (Å²) in [6.07, 6.45) is -0.0329. The van der Waals surface area contributed by atoms with Crippen LogP contribution in [-0.4, -0.2) is 23.0 Å². The second-order valence-electron chi connectivity index (χ2n) is 5.18. The summed E-state index contributed by atoms with van der Waals surface area (Å²) in [7, 11) is 0. The predicted octanol–water partition coefficient (Wildman–Crippen LogP) is 2.70. The maximum atomic E-state index is 13.7. The molecule has 0 aliphatic carbocycles. The van der Waals surface area contributed by atoms with Crippen LogP contribution in [0.2, 0.25) is 0 Å². The topological polar surface area (TPSA) is 66.4 Å². The Bertz CT molecular complexity index is 729. The maximum absolute atomic E-state index is 13.7. The van der Waals surface area contributed by atoms with Crippen molar-refractivity contribution in [3.05, 3.63) is 70.8 Å². The van der Waals surface area contributed by atoms with Crippen LogP contribution in [0.25, 0.3) is 0 Å². The highest BCUT2D eigenvalue weighted by molar-refractivity contribution is 5.97. The molecule has 1 unspecified atom stereocenters. The summed E-state index contributed by atoms with van der Waals surface area (Å²) < 4.78 is 26.6. The molecule has 0 heterocycles. The molecule has 0 saturated heterocycles. The van der Waals surface area contributed by atoms with Crippen LogP contribution in [0.5, 0.6) is 0 Å². The molecule has 0 aliphatic rings. The summed E-state index contributed by atoms with van der Waals surface area (Å²) in [5, 5.41) is 11.5. The van der Waals surface area contributed by atoms with Crippen LogP contribution in [-0.2, 0) is 11.2 Å². The highest BCUT2D eigenvalue weighted by atomic mass is 19.1. The van der Waals surface area contributed by atoms with Crippen molar-refractivity contribution < 1.29 is 23.5 Å². The summed E-state index contributed by atoms with van der Waals surface area (Å²) in [6, 6.07) is 8.05. The van der Waals surface area contributed by atoms with Gasteiger partial charge in [0.15, 0.2) is 0 Å². The maximum Gasteiger partial charge on any atom is 0.326 e. The Hall–Kier alpha value is -2.76. The van der Waals surface area contributed by atoms with Gasteiger partial charge in [-0.1, -0.05) is 23.8 Å². The minimum atomic E-state index is -1.25. The van der Waals surface area contributed by atoms with Gasteiger partial charge in [-0.3, -0.25) is 4.79 Å². The Kier molecular flexibility index (Phi) is 5.05. The summed E-state index contributed by atoms with van der Waals surface area (Å²) in [5.74, 6) is -3.22. The standard InChI is InChI=1S/C17H15F2NO3/c1-10-2-7-14(19)13(8-10)16(21)20-15(17(22)23)9-11-3-5-12(18)6-4-11/h2-8,15H,9H2,1H3,(H,20,21)(H,22,23). The van der Waals surface area contributed by atoms with Crippen molar-refractivity contribution in [1.82, 2.24) is 5.32 Å². The summed E-state index contributed by atoms with van der Waals surface area (Å²) in [6.45, 7) is 1.70. The molecule has 0 radical (unpaired) electrons. The number of benzene rings is 2. The Labute approximate surface area is 131 Å². The molecule has 0 bridgehead atoms. The van der Waals surface area contributed by atoms with Crippen molar-refractivity contribution >= 4 is 11.9 Å². The summed E-state index contributed by atoms with van der Waals surface area (Å²) in [5.41, 5.74) is 1.01. The quantitative estimate of drug-likeness (QED) is 0.890. The normalized spacial score (nSPS) is 11.8. The monoisotopic (exact) mass is 319 g/mol. The number of carboxylic acids is 1. The summed E-state index contributed by atoms with van der Waals surface area (Å²) in [4.78, 5) is 23.4. The average molecular weight is 319 g/mol. The molecule has 1 atom stereocenters. The number of carbonyl (C=O) groups excluding carboxylic acids is 1. The number of hydrogen-bond donors (Lipinski definition) is 2. The first-order chi connectivity index (χ1) is 10.9. The lowest BCUT2D eigenvalue weighted by atomic mass is 10.0. The van der Waals surface area contributed by atoms with Gasteiger partial charge in [0.2, 0.25) is 0 Å². The Morgan fingerprint density at radius 1 is 1.13 bits per heavy atom. The Morgan fingerprint density at radius 3 is 2.39 bits per heavy atom. The van der Waals surface area contributed by atoms with Crippen molar-refractivity contribution in [2.45, 2.75) is 19.4 Å². The number of rotatable bonds is 5. The molecule has 1 amide bonds. The lowest BCUT2D eigenvalue weighted by molar-refractivity contribution is -0.139. The first-order valence-electron chi connectivity index (χ1n) is 6.91. The van der Waals surface area contributed by atoms with Crippen molar-refractivity contribution in [2.24, 2.45) is 0 Å². The number of aryl methyl sites for hydroxylation is 1. The van der Waals surface area contributed by atoms with Gasteiger partial charge in [-0.05, 0) is 36.8 Å². The number of aliphatic carboxylic acids is 1. The van der Waals surface area contributed by atoms with E-state index in [2.05, 4.69) is 5.32 Å². The minimum absolute atomic E-state index is 0.0329. The predicted molar refractivity (Wildman–Crippen MR) is 80.1 cm³/mol. The van der Waals surface area contributed by atoms with E-state index >= 15 is 0 Å². The molecule has 0 saturated carbocycles. The molecule has 2 aromatic rings. The van der Waals surface area contributed by atoms with Crippen molar-refractivity contribution in [1.29, 1.82) is 0 Å². The highest BCUT2D eigenvalue weighted by Gasteiger charge is 2.22. The zero-order chi connectivity index (χ0) is 17.0. The molecule has 0 spiro atoms. The number of carboxylic acid groups (broad SMARTS) is 1. The molecule has 0 fully saturated rings. The number of hydrogen-bond acceptors (Lipinski definition) is 2. The molecule has 2 N–H and O–H groups in total. The van der Waals surface area contributed by atoms with Gasteiger partial charge >= 0.3 is 5.97 Å². The van der Waals surface area contributed by atoms with Crippen LogP contribution in [0.3, 0.4) is 0 Å². The van der Waals surface area contributed by atoms with Gasteiger partial charge in [-0.25, -0.2) is 13.6 Å². The van der Waals surface area contributed by atoms with E-state index in [1.165, 1.54) is 36.4 Å². The third-order valence-corrected chi connectivity index (χ3v) is 3.32. The molecule has 4 nitrogen and oxygen atoms in total. The van der Waals surface area contributed by atoms with Crippen LogP contribution >= 0.6 is 0 Å². The third-order valence-electron chi connectivity index (χ3n) is 3.32. The molecule has 0 aliphatic heterocycles. The van der Waals surface area contributed by atoms with Gasteiger partial charge in [0, 0.05) is 6.42 Å². The molecule has 120 valence electrons. The van der Waals surface area contributed by atoms with Crippen LogP contribution in [0.1, 0.15) is 21.5 Å². The molecular weight excluding hydrogens is 304 g/mol. The van der Waals surface area contributed by atoms with Gasteiger partial charge in [-0.2, -0.15) is 0 Å². The number of halogens is 2. The van der Waals surface area contributed by atoms with E-state index in [1.807, 2.05) is 0 Å². The Morgan fingerprint density at radius 2 is 1.78 bits per heavy atom. The largest absolute Gasteiger partial charge is 0.480 e. The van der Waals surface area contributed by atoms with Crippen LogP contribution in [0, 0.1) is 18.6 Å². The molecular formula is C17H15F2NO3. The SMILES string of the molecule is Cc1ccc(F)c(C(=O)NC(Cc2ccc(F)cc2)C(=O)O)c1. The fourth-order valence-corrected chi connectivity index (χ4v) is 2.11. The van der Waals surface area contributed by atoms with E-state index in [0.29, 0.717) is 11.1 Å². The van der Waals surface area contributed by atoms with Crippen molar-refractivity contribution in [3.63, 3.8) is 0 Å². The number of carbonyl (C=O) groups is 2. The third kappa shape index (κ3) is 4.35. The number of amides is 1. The van der Waals surface area contributed by atoms with E-state index in [-0.39, 0.29) is 12.0 Å². The first kappa shape index (κ1) is 16.6. The molecule has 2 rings (SSSR count). The average Bonchev–Trinajstić information content (AvgIpc) is 2.51. The fraction of sp³-hybridized carbons (Fsp3) is 0.176. The zero-order valence-electron chi connectivity index (χ0n) is 12.3. The van der Waals surface area contributed by atoms with Crippen LogP contribution < -0.4 is 5.32 Å². The second-order valence-corrected chi connectivity index (χ2v) is 5.18. The molecule has 0 aromatic heterocycles. The van der Waals surface area contributed by atoms with Crippen LogP contribution in [0.4, 0.5) is 8.78 Å². The fourth-order valence-electron chi connectivity index (χ4n) is 2.11. The lowest BCUT2D eigenvalue weighted by Crippen LogP contribution is -2.42. The molecule has 2 aromatic carbocycles. The minimum Gasteiger partial charge on any atom is -0.480 e. The van der Waals surface area contributed by atoms with E-state index in [1.54, 1.807) is 6.92 Å². The van der Waals surface area contributed by atoms with E-state index in [0.717, 1.165) is 6.07 Å². The molecule has 23 heavy (non-hydrogen) atoms. The first-order valence-corrected chi connectivity index (χ1v) is 6.91. The van der Waals surface area contributed by atoms with Gasteiger partial charge in [0.25, 0.3) is 5.91 Å². The van der Waals surface area contributed by atoms with Crippen molar-refractivity contribution in [3.8, 4) is 0 Å². The zero-order valence-corrected chi connectivity index (χ0v) is 12.3. The van der Waals surface area contributed by atoms with E-state index in [4.69, 9.17) is 0 Å². The van der Waals surface area contributed by atoms with Gasteiger partial charge < -0.3 is 10.4 Å². The Balaban J connectivity index is 2.15. The second kappa shape index (κ2) is 7.00. The summed E-state index contributed by atoms with van der Waals surface area (Å²) >= 11 is 0.